The summed E-state index contributed by atoms with van der Waals surface area (Å²) in [6, 6.07) is 11.2. The van der Waals surface area contributed by atoms with Crippen LogP contribution in [0, 0.1) is 37.4 Å². The number of hydrogen-bond acceptors (Lipinski definition) is 8. The molecule has 1 N–H and O–H groups in total. The van der Waals surface area contributed by atoms with Crippen molar-refractivity contribution in [2.45, 2.75) is 0 Å². The average Bonchev–Trinajstić information content (AvgIpc) is 3.19. The molecule has 0 aliphatic heterocycles. The lowest BCUT2D eigenvalue weighted by Crippen LogP contribution is -1.96. The van der Waals surface area contributed by atoms with E-state index in [4.69, 9.17) is 0 Å². The van der Waals surface area contributed by atoms with E-state index in [0.717, 1.165) is 23.5 Å². The minimum absolute atomic E-state index is 0.0762. The van der Waals surface area contributed by atoms with E-state index < -0.39 is 21.4 Å². The number of nitrogens with zero attached hydrogens (tertiary/aromatic N) is 4. The van der Waals surface area contributed by atoms with Crippen molar-refractivity contribution < 1.29 is 14.2 Å². The number of thiazole rings is 1. The van der Waals surface area contributed by atoms with Crippen LogP contribution in [0.2, 0.25) is 0 Å². The van der Waals surface area contributed by atoms with E-state index in [1.807, 2.05) is 6.07 Å². The number of nitro groups is 2. The van der Waals surface area contributed by atoms with Crippen LogP contribution in [0.1, 0.15) is 5.01 Å². The van der Waals surface area contributed by atoms with E-state index in [1.165, 1.54) is 30.5 Å². The molecule has 0 unspecified atom stereocenters. The maximum atomic E-state index is 13.4. The molecule has 1 heterocycles. The maximum Gasteiger partial charge on any atom is 0.306 e. The van der Waals surface area contributed by atoms with Crippen LogP contribution < -0.4 is 5.32 Å². The first kappa shape index (κ1) is 19.6. The third kappa shape index (κ3) is 4.40. The Morgan fingerprint density at radius 1 is 1.21 bits per heavy atom. The van der Waals surface area contributed by atoms with E-state index in [-0.39, 0.29) is 16.9 Å². The summed E-state index contributed by atoms with van der Waals surface area (Å²) in [5.74, 6) is -0.966. The molecule has 0 radical (unpaired) electrons. The van der Waals surface area contributed by atoms with Gasteiger partial charge in [0.15, 0.2) is 0 Å². The van der Waals surface area contributed by atoms with Crippen LogP contribution in [-0.4, -0.2) is 14.8 Å². The van der Waals surface area contributed by atoms with Crippen molar-refractivity contribution in [3.05, 3.63) is 85.1 Å². The molecule has 0 spiro atoms. The van der Waals surface area contributed by atoms with Gasteiger partial charge in [-0.3, -0.25) is 20.2 Å². The van der Waals surface area contributed by atoms with Gasteiger partial charge < -0.3 is 5.32 Å². The minimum atomic E-state index is -0.966. The van der Waals surface area contributed by atoms with Crippen molar-refractivity contribution in [3.63, 3.8) is 0 Å². The van der Waals surface area contributed by atoms with Crippen molar-refractivity contribution >= 4 is 34.0 Å². The lowest BCUT2D eigenvalue weighted by molar-refractivity contribution is -0.387. The molecular weight excluding hydrogens is 401 g/mol. The van der Waals surface area contributed by atoms with Crippen LogP contribution in [0.3, 0.4) is 0 Å². The van der Waals surface area contributed by atoms with E-state index in [1.54, 1.807) is 11.4 Å². The van der Waals surface area contributed by atoms with Crippen molar-refractivity contribution in [3.8, 4) is 17.3 Å². The number of nitriles is 1. The predicted octanol–water partition coefficient (Wildman–Crippen LogP) is 4.74. The van der Waals surface area contributed by atoms with Gasteiger partial charge in [-0.25, -0.2) is 4.98 Å². The van der Waals surface area contributed by atoms with E-state index in [9.17, 15) is 29.9 Å². The number of benzene rings is 2. The Balaban J connectivity index is 1.86. The van der Waals surface area contributed by atoms with Crippen molar-refractivity contribution in [2.75, 3.05) is 5.32 Å². The second-order valence-electron chi connectivity index (χ2n) is 5.58. The molecule has 9 nitrogen and oxygen atoms in total. The zero-order valence-electron chi connectivity index (χ0n) is 14.4. The predicted molar refractivity (Wildman–Crippen MR) is 104 cm³/mol. The second-order valence-corrected chi connectivity index (χ2v) is 6.44. The lowest BCUT2D eigenvalue weighted by atomic mass is 10.1. The van der Waals surface area contributed by atoms with Gasteiger partial charge in [0.1, 0.15) is 16.6 Å². The Bertz CT molecular complexity index is 1180. The zero-order valence-corrected chi connectivity index (χ0v) is 15.2. The third-order valence-corrected chi connectivity index (χ3v) is 4.61. The number of halogens is 1. The summed E-state index contributed by atoms with van der Waals surface area (Å²) in [7, 11) is 0. The number of rotatable bonds is 6. The fourth-order valence-electron chi connectivity index (χ4n) is 2.35. The lowest BCUT2D eigenvalue weighted by Gasteiger charge is -2.02. The molecule has 1 aromatic heterocycles. The van der Waals surface area contributed by atoms with Gasteiger partial charge in [-0.1, -0.05) is 12.1 Å². The molecule has 0 aliphatic carbocycles. The summed E-state index contributed by atoms with van der Waals surface area (Å²) in [5, 5.41) is 35.8. The normalized spacial score (nSPS) is 11.0. The fraction of sp³-hybridized carbons (Fsp3) is 0. The van der Waals surface area contributed by atoms with Crippen LogP contribution in [0.5, 0.6) is 0 Å². The number of anilines is 1. The Morgan fingerprint density at radius 2 is 2.00 bits per heavy atom. The molecule has 3 aromatic rings. The number of nitrogens with one attached hydrogen (secondary N) is 1. The standard InChI is InChI=1S/C18H10FN5O4S/c19-15-5-4-13(7-17(15)24(27)28)21-9-12(8-20)18-22-16(10-29-18)11-2-1-3-14(6-11)23(25)26/h1-7,9-10,21H/b12-9+. The van der Waals surface area contributed by atoms with Crippen molar-refractivity contribution in [2.24, 2.45) is 0 Å². The maximum absolute atomic E-state index is 13.4. The van der Waals surface area contributed by atoms with Crippen LogP contribution in [-0.2, 0) is 0 Å². The molecule has 3 rings (SSSR count). The van der Waals surface area contributed by atoms with Crippen LogP contribution >= 0.6 is 11.3 Å². The quantitative estimate of drug-likeness (QED) is 0.351. The summed E-state index contributed by atoms with van der Waals surface area (Å²) in [6.07, 6.45) is 1.30. The highest BCUT2D eigenvalue weighted by molar-refractivity contribution is 7.11. The number of hydrogen-bond donors (Lipinski definition) is 1. The first-order chi connectivity index (χ1) is 13.9. The first-order valence-corrected chi connectivity index (χ1v) is 8.78. The molecule has 0 bridgehead atoms. The molecule has 0 fully saturated rings. The van der Waals surface area contributed by atoms with Gasteiger partial charge in [-0.15, -0.1) is 11.3 Å². The third-order valence-electron chi connectivity index (χ3n) is 3.73. The van der Waals surface area contributed by atoms with E-state index >= 15 is 0 Å². The summed E-state index contributed by atoms with van der Waals surface area (Å²) in [4.78, 5) is 24.7. The van der Waals surface area contributed by atoms with Gasteiger partial charge in [0.05, 0.1) is 15.5 Å². The number of nitro benzene ring substituents is 2. The Kier molecular flexibility index (Phi) is 5.56. The SMILES string of the molecule is N#C/C(=C\Nc1ccc(F)c([N+](=O)[O-])c1)c1nc(-c2cccc([N+](=O)[O-])c2)cs1. The van der Waals surface area contributed by atoms with Gasteiger partial charge in [0.25, 0.3) is 5.69 Å². The van der Waals surface area contributed by atoms with Gasteiger partial charge in [-0.05, 0) is 12.1 Å². The van der Waals surface area contributed by atoms with Crippen LogP contribution in [0.15, 0.2) is 54.0 Å². The van der Waals surface area contributed by atoms with Gasteiger partial charge in [0, 0.05) is 41.0 Å². The molecule has 0 aliphatic rings. The molecule has 0 saturated carbocycles. The topological polar surface area (TPSA) is 135 Å². The molecule has 0 amide bonds. The Labute approximate surface area is 166 Å². The second kappa shape index (κ2) is 8.24. The van der Waals surface area contributed by atoms with E-state index in [0.29, 0.717) is 16.3 Å². The highest BCUT2D eigenvalue weighted by Gasteiger charge is 2.15. The Morgan fingerprint density at radius 3 is 2.69 bits per heavy atom. The minimum Gasteiger partial charge on any atom is -0.360 e. The average molecular weight is 411 g/mol. The van der Waals surface area contributed by atoms with Crippen molar-refractivity contribution in [1.29, 1.82) is 5.26 Å². The molecule has 144 valence electrons. The monoisotopic (exact) mass is 411 g/mol. The summed E-state index contributed by atoms with van der Waals surface area (Å²) in [6.45, 7) is 0. The van der Waals surface area contributed by atoms with Gasteiger partial charge >= 0.3 is 5.69 Å². The van der Waals surface area contributed by atoms with E-state index in [2.05, 4.69) is 10.3 Å². The zero-order chi connectivity index (χ0) is 21.0. The highest BCUT2D eigenvalue weighted by atomic mass is 32.1. The van der Waals surface area contributed by atoms with Crippen LogP contribution in [0.4, 0.5) is 21.5 Å². The summed E-state index contributed by atoms with van der Waals surface area (Å²) >= 11 is 1.16. The molecular formula is C18H10FN5O4S. The number of allylic oxidation sites excluding steroid dienone is 1. The summed E-state index contributed by atoms with van der Waals surface area (Å²) < 4.78 is 13.4. The molecule has 29 heavy (non-hydrogen) atoms. The van der Waals surface area contributed by atoms with Gasteiger partial charge in [0.2, 0.25) is 5.82 Å². The first-order valence-electron chi connectivity index (χ1n) is 7.90. The number of aromatic nitrogens is 1. The largest absolute Gasteiger partial charge is 0.360 e. The molecule has 0 saturated heterocycles. The molecule has 0 atom stereocenters. The molecule has 11 heteroatoms. The van der Waals surface area contributed by atoms with Gasteiger partial charge in [-0.2, -0.15) is 9.65 Å². The Hall–Kier alpha value is -4.17. The van der Waals surface area contributed by atoms with Crippen molar-refractivity contribution in [1.82, 2.24) is 4.98 Å². The van der Waals surface area contributed by atoms with Crippen LogP contribution in [0.25, 0.3) is 16.8 Å². The fourth-order valence-corrected chi connectivity index (χ4v) is 3.14. The molecule has 2 aromatic carbocycles. The smallest absolute Gasteiger partial charge is 0.306 e. The highest BCUT2D eigenvalue weighted by Crippen LogP contribution is 2.28. The number of non-ortho nitro benzene ring substituents is 1. The summed E-state index contributed by atoms with van der Waals surface area (Å²) in [5.41, 5.74) is 0.588.